The molecule has 0 spiro atoms. The predicted octanol–water partition coefficient (Wildman–Crippen LogP) is 4.22. The zero-order valence-corrected chi connectivity index (χ0v) is 13.4. The maximum atomic E-state index is 4.23. The molecule has 3 aromatic rings. The number of fused-ring (bicyclic) bond motifs is 1. The van der Waals surface area contributed by atoms with Gasteiger partial charge in [-0.05, 0) is 37.0 Å². The van der Waals surface area contributed by atoms with Gasteiger partial charge in [-0.25, -0.2) is 0 Å². The van der Waals surface area contributed by atoms with Gasteiger partial charge in [0, 0.05) is 27.9 Å². The number of aryl methyl sites for hydroxylation is 2. The summed E-state index contributed by atoms with van der Waals surface area (Å²) >= 11 is 1.95. The Bertz CT molecular complexity index is 773. The van der Waals surface area contributed by atoms with Gasteiger partial charge in [0.05, 0.1) is 11.9 Å². The molecular weight excluding hydrogens is 290 g/mol. The summed E-state index contributed by atoms with van der Waals surface area (Å²) < 4.78 is 0. The number of nitrogens with one attached hydrogen (secondary N) is 2. The zero-order valence-electron chi connectivity index (χ0n) is 12.6. The Labute approximate surface area is 134 Å². The number of thiophene rings is 1. The van der Waals surface area contributed by atoms with Crippen molar-refractivity contribution < 1.29 is 0 Å². The molecule has 4 rings (SSSR count). The minimum atomic E-state index is 0.485. The Morgan fingerprint density at radius 3 is 3.05 bits per heavy atom. The molecule has 1 aromatic carbocycles. The van der Waals surface area contributed by atoms with Gasteiger partial charge in [0.2, 0.25) is 0 Å². The molecule has 0 aliphatic heterocycles. The molecule has 1 unspecified atom stereocenters. The van der Waals surface area contributed by atoms with E-state index >= 15 is 0 Å². The minimum Gasteiger partial charge on any atom is -0.306 e. The number of hydrogen-bond acceptors (Lipinski definition) is 3. The quantitative estimate of drug-likeness (QED) is 0.757. The molecule has 2 heterocycles. The van der Waals surface area contributed by atoms with Crippen molar-refractivity contribution in [3.63, 3.8) is 0 Å². The van der Waals surface area contributed by atoms with Crippen LogP contribution in [0.25, 0.3) is 11.3 Å². The van der Waals surface area contributed by atoms with Crippen LogP contribution in [0.3, 0.4) is 0 Å². The third kappa shape index (κ3) is 2.49. The number of rotatable bonds is 4. The van der Waals surface area contributed by atoms with Gasteiger partial charge >= 0.3 is 0 Å². The average molecular weight is 309 g/mol. The second kappa shape index (κ2) is 5.71. The summed E-state index contributed by atoms with van der Waals surface area (Å²) in [6, 6.07) is 13.2. The second-order valence-electron chi connectivity index (χ2n) is 5.84. The monoisotopic (exact) mass is 309 g/mol. The molecule has 1 atom stereocenters. The lowest BCUT2D eigenvalue weighted by Crippen LogP contribution is -2.18. The van der Waals surface area contributed by atoms with Crippen molar-refractivity contribution in [3.05, 3.63) is 63.5 Å². The first kappa shape index (κ1) is 13.7. The third-order valence-corrected chi connectivity index (χ3v) is 5.45. The highest BCUT2D eigenvalue weighted by atomic mass is 32.1. The molecule has 1 aliphatic carbocycles. The minimum absolute atomic E-state index is 0.485. The molecule has 22 heavy (non-hydrogen) atoms. The van der Waals surface area contributed by atoms with Crippen LogP contribution in [0, 0.1) is 6.92 Å². The van der Waals surface area contributed by atoms with E-state index in [1.807, 2.05) is 23.6 Å². The van der Waals surface area contributed by atoms with Crippen molar-refractivity contribution in [1.82, 2.24) is 15.5 Å². The van der Waals surface area contributed by atoms with E-state index in [1.54, 1.807) is 4.88 Å². The number of nitrogens with zero attached hydrogens (tertiary/aromatic N) is 1. The summed E-state index contributed by atoms with van der Waals surface area (Å²) in [5, 5.41) is 11.1. The predicted molar refractivity (Wildman–Crippen MR) is 91.0 cm³/mol. The lowest BCUT2D eigenvalue weighted by atomic mass is 10.1. The van der Waals surface area contributed by atoms with Gasteiger partial charge in [0.25, 0.3) is 0 Å². The van der Waals surface area contributed by atoms with Crippen LogP contribution in [0.5, 0.6) is 0 Å². The number of hydrogen-bond donors (Lipinski definition) is 2. The maximum Gasteiger partial charge on any atom is 0.0695 e. The van der Waals surface area contributed by atoms with Gasteiger partial charge in [0.1, 0.15) is 0 Å². The van der Waals surface area contributed by atoms with E-state index in [2.05, 4.69) is 52.8 Å². The standard InChI is InChI=1S/C18H19N3S/c1-12-9-15-16(7-8-17(15)22-12)19-10-14-11-20-21-18(14)13-5-3-2-4-6-13/h2-6,9,11,16,19H,7-8,10H2,1H3,(H,20,21). The van der Waals surface area contributed by atoms with E-state index in [1.165, 1.54) is 34.4 Å². The van der Waals surface area contributed by atoms with Crippen LogP contribution in [-0.2, 0) is 13.0 Å². The van der Waals surface area contributed by atoms with Crippen LogP contribution in [0.4, 0.5) is 0 Å². The number of aromatic amines is 1. The summed E-state index contributed by atoms with van der Waals surface area (Å²) in [6.45, 7) is 3.04. The Hall–Kier alpha value is -1.91. The van der Waals surface area contributed by atoms with Crippen LogP contribution in [0.15, 0.2) is 42.6 Å². The maximum absolute atomic E-state index is 4.23. The molecule has 0 fully saturated rings. The summed E-state index contributed by atoms with van der Waals surface area (Å²) in [5.41, 5.74) is 5.04. The number of H-pyrrole nitrogens is 1. The SMILES string of the molecule is Cc1cc2c(s1)CCC2NCc1cn[nH]c1-c1ccccc1. The highest BCUT2D eigenvalue weighted by Gasteiger charge is 2.24. The molecule has 0 saturated heterocycles. The summed E-state index contributed by atoms with van der Waals surface area (Å²) in [5.74, 6) is 0. The van der Waals surface area contributed by atoms with E-state index in [-0.39, 0.29) is 0 Å². The largest absolute Gasteiger partial charge is 0.306 e. The van der Waals surface area contributed by atoms with Crippen molar-refractivity contribution >= 4 is 11.3 Å². The summed E-state index contributed by atoms with van der Waals surface area (Å²) in [7, 11) is 0. The van der Waals surface area contributed by atoms with Crippen LogP contribution in [0.2, 0.25) is 0 Å². The zero-order chi connectivity index (χ0) is 14.9. The number of benzene rings is 1. The molecule has 2 aromatic heterocycles. The first-order valence-electron chi connectivity index (χ1n) is 7.71. The van der Waals surface area contributed by atoms with Gasteiger partial charge in [-0.15, -0.1) is 11.3 Å². The highest BCUT2D eigenvalue weighted by molar-refractivity contribution is 7.12. The molecule has 112 valence electrons. The normalized spacial score (nSPS) is 16.9. The molecule has 0 radical (unpaired) electrons. The smallest absolute Gasteiger partial charge is 0.0695 e. The third-order valence-electron chi connectivity index (χ3n) is 4.32. The molecule has 0 amide bonds. The van der Waals surface area contributed by atoms with Gasteiger partial charge in [-0.1, -0.05) is 30.3 Å². The topological polar surface area (TPSA) is 40.7 Å². The van der Waals surface area contributed by atoms with E-state index in [0.29, 0.717) is 6.04 Å². The van der Waals surface area contributed by atoms with Crippen LogP contribution in [0.1, 0.15) is 33.3 Å². The molecular formula is C18H19N3S. The average Bonchev–Trinajstić information content (AvgIpc) is 3.22. The van der Waals surface area contributed by atoms with E-state index in [9.17, 15) is 0 Å². The fourth-order valence-corrected chi connectivity index (χ4v) is 4.36. The lowest BCUT2D eigenvalue weighted by molar-refractivity contribution is 0.530. The first-order valence-corrected chi connectivity index (χ1v) is 8.53. The van der Waals surface area contributed by atoms with E-state index in [0.717, 1.165) is 12.2 Å². The van der Waals surface area contributed by atoms with E-state index in [4.69, 9.17) is 0 Å². The Balaban J connectivity index is 1.51. The Morgan fingerprint density at radius 2 is 2.18 bits per heavy atom. The van der Waals surface area contributed by atoms with Crippen LogP contribution in [-0.4, -0.2) is 10.2 Å². The van der Waals surface area contributed by atoms with Crippen LogP contribution >= 0.6 is 11.3 Å². The van der Waals surface area contributed by atoms with E-state index < -0.39 is 0 Å². The summed E-state index contributed by atoms with van der Waals surface area (Å²) in [6.07, 6.45) is 4.35. The van der Waals surface area contributed by atoms with Crippen molar-refractivity contribution in [2.24, 2.45) is 0 Å². The number of aromatic nitrogens is 2. The Kier molecular flexibility index (Phi) is 3.56. The van der Waals surface area contributed by atoms with Crippen molar-refractivity contribution in [2.45, 2.75) is 32.4 Å². The summed E-state index contributed by atoms with van der Waals surface area (Å²) in [4.78, 5) is 2.98. The van der Waals surface area contributed by atoms with Crippen LogP contribution < -0.4 is 5.32 Å². The molecule has 4 heteroatoms. The lowest BCUT2D eigenvalue weighted by Gasteiger charge is -2.13. The molecule has 3 nitrogen and oxygen atoms in total. The van der Waals surface area contributed by atoms with Gasteiger partial charge in [-0.3, -0.25) is 5.10 Å². The van der Waals surface area contributed by atoms with Crippen molar-refractivity contribution in [1.29, 1.82) is 0 Å². The highest BCUT2D eigenvalue weighted by Crippen LogP contribution is 2.37. The fraction of sp³-hybridized carbons (Fsp3) is 0.278. The molecule has 0 bridgehead atoms. The van der Waals surface area contributed by atoms with Gasteiger partial charge in [-0.2, -0.15) is 5.10 Å². The van der Waals surface area contributed by atoms with Crippen molar-refractivity contribution in [2.75, 3.05) is 0 Å². The fourth-order valence-electron chi connectivity index (χ4n) is 3.25. The molecule has 0 saturated carbocycles. The van der Waals surface area contributed by atoms with Gasteiger partial charge < -0.3 is 5.32 Å². The van der Waals surface area contributed by atoms with Gasteiger partial charge in [0.15, 0.2) is 0 Å². The molecule has 2 N–H and O–H groups in total. The first-order chi connectivity index (χ1) is 10.8. The second-order valence-corrected chi connectivity index (χ2v) is 7.18. The molecule has 1 aliphatic rings. The Morgan fingerprint density at radius 1 is 1.32 bits per heavy atom. The van der Waals surface area contributed by atoms with Crippen molar-refractivity contribution in [3.8, 4) is 11.3 Å².